The van der Waals surface area contributed by atoms with Gasteiger partial charge in [0.1, 0.15) is 6.07 Å². The zero-order valence-electron chi connectivity index (χ0n) is 4.81. The van der Waals surface area contributed by atoms with Crippen molar-refractivity contribution in [3.63, 3.8) is 0 Å². The fourth-order valence-corrected chi connectivity index (χ4v) is 0.641. The zero-order valence-corrected chi connectivity index (χ0v) is 5.56. The zero-order chi connectivity index (χ0) is 7.56. The third-order valence-electron chi connectivity index (χ3n) is 0.914. The molecule has 0 saturated carbocycles. The first-order valence-corrected chi connectivity index (χ1v) is 2.83. The SMILES string of the molecule is N#Cc1ncc(Cl)cc1F. The summed E-state index contributed by atoms with van der Waals surface area (Å²) in [6.45, 7) is 0. The summed E-state index contributed by atoms with van der Waals surface area (Å²) in [6.07, 6.45) is 1.23. The smallest absolute Gasteiger partial charge is 0.176 e. The molecule has 2 nitrogen and oxygen atoms in total. The lowest BCUT2D eigenvalue weighted by Gasteiger charge is -1.90. The van der Waals surface area contributed by atoms with E-state index in [0.29, 0.717) is 0 Å². The molecule has 0 atom stereocenters. The molecule has 0 bridgehead atoms. The highest BCUT2D eigenvalue weighted by Gasteiger charge is 2.01. The Bertz CT molecular complexity index is 292. The van der Waals surface area contributed by atoms with Gasteiger partial charge < -0.3 is 0 Å². The molecule has 10 heavy (non-hydrogen) atoms. The van der Waals surface area contributed by atoms with E-state index in [0.717, 1.165) is 6.07 Å². The van der Waals surface area contributed by atoms with Crippen LogP contribution in [0.5, 0.6) is 0 Å². The molecule has 0 radical (unpaired) electrons. The minimum absolute atomic E-state index is 0.191. The van der Waals surface area contributed by atoms with Gasteiger partial charge in [-0.2, -0.15) is 5.26 Å². The van der Waals surface area contributed by atoms with Gasteiger partial charge in [-0.05, 0) is 6.07 Å². The van der Waals surface area contributed by atoms with Crippen LogP contribution in [0.3, 0.4) is 0 Å². The summed E-state index contributed by atoms with van der Waals surface area (Å²) in [5.74, 6) is -0.685. The van der Waals surface area contributed by atoms with Crippen molar-refractivity contribution in [1.29, 1.82) is 5.26 Å². The minimum atomic E-state index is -0.685. The highest BCUT2D eigenvalue weighted by Crippen LogP contribution is 2.09. The second-order valence-corrected chi connectivity index (χ2v) is 2.03. The van der Waals surface area contributed by atoms with E-state index in [1.807, 2.05) is 0 Å². The lowest BCUT2D eigenvalue weighted by Crippen LogP contribution is -1.86. The first-order chi connectivity index (χ1) is 4.74. The van der Waals surface area contributed by atoms with Gasteiger partial charge in [0.15, 0.2) is 11.5 Å². The number of hydrogen-bond acceptors (Lipinski definition) is 2. The Labute approximate surface area is 61.9 Å². The number of pyridine rings is 1. The van der Waals surface area contributed by atoms with E-state index in [9.17, 15) is 4.39 Å². The fraction of sp³-hybridized carbons (Fsp3) is 0. The average Bonchev–Trinajstić information content (AvgIpc) is 1.88. The van der Waals surface area contributed by atoms with Crippen LogP contribution in [0.1, 0.15) is 5.69 Å². The Morgan fingerprint density at radius 3 is 2.90 bits per heavy atom. The van der Waals surface area contributed by atoms with Crippen molar-refractivity contribution >= 4 is 11.6 Å². The number of halogens is 2. The molecule has 0 aliphatic heterocycles. The Morgan fingerprint density at radius 1 is 1.70 bits per heavy atom. The summed E-state index contributed by atoms with van der Waals surface area (Å²) in [5.41, 5.74) is -0.232. The molecule has 0 aliphatic carbocycles. The number of nitriles is 1. The lowest BCUT2D eigenvalue weighted by molar-refractivity contribution is 0.616. The van der Waals surface area contributed by atoms with E-state index in [2.05, 4.69) is 4.98 Å². The van der Waals surface area contributed by atoms with Crippen molar-refractivity contribution in [1.82, 2.24) is 4.98 Å². The van der Waals surface area contributed by atoms with Crippen molar-refractivity contribution in [2.24, 2.45) is 0 Å². The van der Waals surface area contributed by atoms with Gasteiger partial charge in [0, 0.05) is 6.20 Å². The van der Waals surface area contributed by atoms with Crippen LogP contribution in [-0.4, -0.2) is 4.98 Å². The highest BCUT2D eigenvalue weighted by molar-refractivity contribution is 6.30. The van der Waals surface area contributed by atoms with Crippen molar-refractivity contribution in [2.45, 2.75) is 0 Å². The molecule has 1 rings (SSSR count). The Balaban J connectivity index is 3.23. The van der Waals surface area contributed by atoms with Crippen molar-refractivity contribution in [3.05, 3.63) is 28.8 Å². The maximum absolute atomic E-state index is 12.5. The van der Waals surface area contributed by atoms with E-state index in [1.165, 1.54) is 6.20 Å². The van der Waals surface area contributed by atoms with Gasteiger partial charge in [-0.3, -0.25) is 0 Å². The van der Waals surface area contributed by atoms with E-state index in [-0.39, 0.29) is 10.7 Å². The summed E-state index contributed by atoms with van der Waals surface area (Å²) in [6, 6.07) is 2.63. The standard InChI is InChI=1S/C6H2ClFN2/c7-4-1-5(8)6(2-9)10-3-4/h1,3H. The molecule has 0 N–H and O–H groups in total. The lowest BCUT2D eigenvalue weighted by atomic mass is 10.4. The van der Waals surface area contributed by atoms with Crippen LogP contribution in [0.15, 0.2) is 12.3 Å². The Kier molecular flexibility index (Phi) is 1.83. The fourth-order valence-electron chi connectivity index (χ4n) is 0.497. The van der Waals surface area contributed by atoms with Gasteiger partial charge in [0.25, 0.3) is 0 Å². The second kappa shape index (κ2) is 2.63. The Hall–Kier alpha value is -1.14. The quantitative estimate of drug-likeness (QED) is 0.574. The van der Waals surface area contributed by atoms with Crippen LogP contribution in [0.4, 0.5) is 4.39 Å². The molecular formula is C6H2ClFN2. The molecule has 50 valence electrons. The van der Waals surface area contributed by atoms with Crippen LogP contribution >= 0.6 is 11.6 Å². The van der Waals surface area contributed by atoms with Gasteiger partial charge in [0.2, 0.25) is 0 Å². The maximum Gasteiger partial charge on any atom is 0.176 e. The number of aromatic nitrogens is 1. The predicted octanol–water partition coefficient (Wildman–Crippen LogP) is 1.75. The number of hydrogen-bond donors (Lipinski definition) is 0. The molecule has 0 fully saturated rings. The van der Waals surface area contributed by atoms with Crippen molar-refractivity contribution in [2.75, 3.05) is 0 Å². The van der Waals surface area contributed by atoms with Crippen LogP contribution in [0.25, 0.3) is 0 Å². The summed E-state index contributed by atoms with van der Waals surface area (Å²) in [7, 11) is 0. The van der Waals surface area contributed by atoms with Crippen molar-refractivity contribution < 1.29 is 4.39 Å². The third kappa shape index (κ3) is 1.23. The van der Waals surface area contributed by atoms with Crippen LogP contribution in [0, 0.1) is 17.1 Å². The average molecular weight is 157 g/mol. The summed E-state index contributed by atoms with van der Waals surface area (Å²) >= 11 is 5.36. The van der Waals surface area contributed by atoms with Gasteiger partial charge in [-0.15, -0.1) is 0 Å². The molecule has 0 aromatic carbocycles. The summed E-state index contributed by atoms with van der Waals surface area (Å²) < 4.78 is 12.5. The molecule has 4 heteroatoms. The molecule has 1 aromatic heterocycles. The van der Waals surface area contributed by atoms with Crippen LogP contribution in [0.2, 0.25) is 5.02 Å². The summed E-state index contributed by atoms with van der Waals surface area (Å²) in [5, 5.41) is 8.40. The number of nitrogens with zero attached hydrogens (tertiary/aromatic N) is 2. The van der Waals surface area contributed by atoms with Gasteiger partial charge >= 0.3 is 0 Å². The van der Waals surface area contributed by atoms with E-state index in [1.54, 1.807) is 6.07 Å². The van der Waals surface area contributed by atoms with Crippen LogP contribution < -0.4 is 0 Å². The second-order valence-electron chi connectivity index (χ2n) is 1.60. The molecule has 0 unspecified atom stereocenters. The molecule has 0 amide bonds. The normalized spacial score (nSPS) is 8.90. The van der Waals surface area contributed by atoms with Gasteiger partial charge in [-0.25, -0.2) is 9.37 Å². The first-order valence-electron chi connectivity index (χ1n) is 2.45. The third-order valence-corrected chi connectivity index (χ3v) is 1.12. The largest absolute Gasteiger partial charge is 0.241 e. The molecule has 0 aliphatic rings. The predicted molar refractivity (Wildman–Crippen MR) is 33.9 cm³/mol. The molecule has 0 saturated heterocycles. The van der Waals surface area contributed by atoms with Crippen LogP contribution in [-0.2, 0) is 0 Å². The monoisotopic (exact) mass is 156 g/mol. The molecule has 1 heterocycles. The molecule has 1 aromatic rings. The Morgan fingerprint density at radius 2 is 2.40 bits per heavy atom. The maximum atomic E-state index is 12.5. The summed E-state index contributed by atoms with van der Waals surface area (Å²) in [4.78, 5) is 3.43. The first kappa shape index (κ1) is 6.97. The molecule has 0 spiro atoms. The minimum Gasteiger partial charge on any atom is -0.241 e. The van der Waals surface area contributed by atoms with E-state index >= 15 is 0 Å². The van der Waals surface area contributed by atoms with E-state index in [4.69, 9.17) is 16.9 Å². The van der Waals surface area contributed by atoms with E-state index < -0.39 is 5.82 Å². The molecular weight excluding hydrogens is 155 g/mol. The number of rotatable bonds is 0. The van der Waals surface area contributed by atoms with Crippen molar-refractivity contribution in [3.8, 4) is 6.07 Å². The topological polar surface area (TPSA) is 36.7 Å². The highest BCUT2D eigenvalue weighted by atomic mass is 35.5. The van der Waals surface area contributed by atoms with Gasteiger partial charge in [-0.1, -0.05) is 11.6 Å². The van der Waals surface area contributed by atoms with Gasteiger partial charge in [0.05, 0.1) is 5.02 Å².